The third kappa shape index (κ3) is 2.42. The summed E-state index contributed by atoms with van der Waals surface area (Å²) in [6, 6.07) is 1.52. The first kappa shape index (κ1) is 10.9. The lowest BCUT2D eigenvalue weighted by molar-refractivity contribution is -0.385. The molecule has 0 spiro atoms. The fourth-order valence-corrected chi connectivity index (χ4v) is 0.940. The molecule has 0 amide bonds. The minimum absolute atomic E-state index is 0.0219. The lowest BCUT2D eigenvalue weighted by atomic mass is 10.2. The van der Waals surface area contributed by atoms with Crippen molar-refractivity contribution in [3.63, 3.8) is 0 Å². The summed E-state index contributed by atoms with van der Waals surface area (Å²) >= 11 is 0. The second kappa shape index (κ2) is 4.39. The van der Waals surface area contributed by atoms with Gasteiger partial charge in [0.25, 0.3) is 0 Å². The fourth-order valence-electron chi connectivity index (χ4n) is 0.940. The molecule has 0 aliphatic carbocycles. The predicted octanol–water partition coefficient (Wildman–Crippen LogP) is 0.750. The SMILES string of the molecule is NCC#Cc1cc([N+](=O)[O-])c(O)cc1F. The number of phenols is 1. The van der Waals surface area contributed by atoms with E-state index in [9.17, 15) is 14.5 Å². The molecular formula is C9H7FN2O3. The van der Waals surface area contributed by atoms with Crippen molar-refractivity contribution < 1.29 is 14.4 Å². The Labute approximate surface area is 84.5 Å². The number of nitro groups is 1. The van der Waals surface area contributed by atoms with Crippen molar-refractivity contribution in [1.29, 1.82) is 0 Å². The molecule has 15 heavy (non-hydrogen) atoms. The standard InChI is InChI=1S/C9H7FN2O3/c10-7-5-9(13)8(12(14)15)4-6(7)2-1-3-11/h4-5,13H,3,11H2. The van der Waals surface area contributed by atoms with E-state index in [0.717, 1.165) is 6.07 Å². The minimum Gasteiger partial charge on any atom is -0.502 e. The van der Waals surface area contributed by atoms with Gasteiger partial charge in [0.05, 0.1) is 17.0 Å². The molecule has 3 N–H and O–H groups in total. The highest BCUT2D eigenvalue weighted by Crippen LogP contribution is 2.28. The average molecular weight is 210 g/mol. The molecule has 78 valence electrons. The van der Waals surface area contributed by atoms with Crippen molar-refractivity contribution in [3.05, 3.63) is 33.6 Å². The van der Waals surface area contributed by atoms with Crippen LogP contribution in [0.15, 0.2) is 12.1 Å². The minimum atomic E-state index is -0.820. The van der Waals surface area contributed by atoms with Crippen LogP contribution >= 0.6 is 0 Å². The Morgan fingerprint density at radius 2 is 2.27 bits per heavy atom. The molecule has 0 aliphatic rings. The van der Waals surface area contributed by atoms with Crippen molar-refractivity contribution in [3.8, 4) is 17.6 Å². The van der Waals surface area contributed by atoms with E-state index < -0.39 is 22.2 Å². The predicted molar refractivity (Wildman–Crippen MR) is 50.7 cm³/mol. The first-order valence-corrected chi connectivity index (χ1v) is 3.92. The third-order valence-corrected chi connectivity index (χ3v) is 1.59. The second-order valence-electron chi connectivity index (χ2n) is 2.58. The number of hydrogen-bond donors (Lipinski definition) is 2. The molecule has 0 heterocycles. The first-order valence-electron chi connectivity index (χ1n) is 3.92. The lowest BCUT2D eigenvalue weighted by Crippen LogP contribution is -1.95. The number of nitrogens with two attached hydrogens (primary N) is 1. The van der Waals surface area contributed by atoms with E-state index in [0.29, 0.717) is 6.07 Å². The van der Waals surface area contributed by atoms with E-state index in [1.807, 2.05) is 0 Å². The molecule has 0 saturated heterocycles. The third-order valence-electron chi connectivity index (χ3n) is 1.59. The highest BCUT2D eigenvalue weighted by Gasteiger charge is 2.16. The molecule has 1 aromatic carbocycles. The average Bonchev–Trinajstić information content (AvgIpc) is 2.16. The van der Waals surface area contributed by atoms with Gasteiger partial charge in [-0.3, -0.25) is 10.1 Å². The number of phenolic OH excluding ortho intramolecular Hbond substituents is 1. The van der Waals surface area contributed by atoms with Gasteiger partial charge in [-0.2, -0.15) is 0 Å². The number of hydrogen-bond acceptors (Lipinski definition) is 4. The number of nitro benzene ring substituents is 1. The van der Waals surface area contributed by atoms with E-state index in [1.165, 1.54) is 0 Å². The van der Waals surface area contributed by atoms with Gasteiger partial charge in [0, 0.05) is 12.1 Å². The zero-order valence-electron chi connectivity index (χ0n) is 7.53. The van der Waals surface area contributed by atoms with Crippen molar-refractivity contribution in [2.75, 3.05) is 6.54 Å². The topological polar surface area (TPSA) is 89.4 Å². The normalized spacial score (nSPS) is 9.20. The highest BCUT2D eigenvalue weighted by molar-refractivity contribution is 5.52. The van der Waals surface area contributed by atoms with Crippen LogP contribution in [0.4, 0.5) is 10.1 Å². The smallest absolute Gasteiger partial charge is 0.312 e. The van der Waals surface area contributed by atoms with Crippen LogP contribution in [0.5, 0.6) is 5.75 Å². The van der Waals surface area contributed by atoms with Crippen LogP contribution in [0, 0.1) is 27.8 Å². The van der Waals surface area contributed by atoms with Gasteiger partial charge in [-0.15, -0.1) is 0 Å². The molecule has 1 aromatic rings. The van der Waals surface area contributed by atoms with E-state index in [-0.39, 0.29) is 12.1 Å². The maximum Gasteiger partial charge on any atom is 0.312 e. The van der Waals surface area contributed by atoms with Crippen LogP contribution in [0.1, 0.15) is 5.56 Å². The van der Waals surface area contributed by atoms with Gasteiger partial charge in [0.15, 0.2) is 5.75 Å². The maximum atomic E-state index is 13.1. The largest absolute Gasteiger partial charge is 0.502 e. The molecular weight excluding hydrogens is 203 g/mol. The molecule has 5 nitrogen and oxygen atoms in total. The van der Waals surface area contributed by atoms with Crippen LogP contribution < -0.4 is 5.73 Å². The zero-order chi connectivity index (χ0) is 11.4. The summed E-state index contributed by atoms with van der Waals surface area (Å²) in [5.41, 5.74) is 4.33. The van der Waals surface area contributed by atoms with Gasteiger partial charge in [-0.05, 0) is 0 Å². The summed E-state index contributed by atoms with van der Waals surface area (Å²) in [7, 11) is 0. The number of nitrogens with zero attached hydrogens (tertiary/aromatic N) is 1. The molecule has 0 radical (unpaired) electrons. The number of halogens is 1. The van der Waals surface area contributed by atoms with E-state index in [1.54, 1.807) is 0 Å². The quantitative estimate of drug-likeness (QED) is 0.406. The molecule has 0 bridgehead atoms. The van der Waals surface area contributed by atoms with Crippen LogP contribution in [0.25, 0.3) is 0 Å². The highest BCUT2D eigenvalue weighted by atomic mass is 19.1. The van der Waals surface area contributed by atoms with Crippen LogP contribution in [-0.2, 0) is 0 Å². The van der Waals surface area contributed by atoms with E-state index in [4.69, 9.17) is 10.8 Å². The second-order valence-corrected chi connectivity index (χ2v) is 2.58. The molecule has 0 aromatic heterocycles. The van der Waals surface area contributed by atoms with Gasteiger partial charge in [-0.25, -0.2) is 4.39 Å². The Balaban J connectivity index is 3.29. The summed E-state index contributed by atoms with van der Waals surface area (Å²) in [5.74, 6) is 3.15. The first-order chi connectivity index (χ1) is 7.06. The van der Waals surface area contributed by atoms with Gasteiger partial charge < -0.3 is 10.8 Å². The fraction of sp³-hybridized carbons (Fsp3) is 0.111. The molecule has 0 unspecified atom stereocenters. The van der Waals surface area contributed by atoms with Crippen molar-refractivity contribution in [1.82, 2.24) is 0 Å². The van der Waals surface area contributed by atoms with Gasteiger partial charge in [0.1, 0.15) is 5.82 Å². The Kier molecular flexibility index (Phi) is 3.21. The van der Waals surface area contributed by atoms with Crippen LogP contribution in [0.3, 0.4) is 0 Å². The Morgan fingerprint density at radius 1 is 1.60 bits per heavy atom. The number of benzene rings is 1. The summed E-state index contributed by atoms with van der Waals surface area (Å²) in [6.07, 6.45) is 0. The van der Waals surface area contributed by atoms with Gasteiger partial charge in [-0.1, -0.05) is 11.8 Å². The summed E-state index contributed by atoms with van der Waals surface area (Å²) in [6.45, 7) is 0.0219. The zero-order valence-corrected chi connectivity index (χ0v) is 7.53. The van der Waals surface area contributed by atoms with Gasteiger partial charge in [0.2, 0.25) is 0 Å². The number of rotatable bonds is 1. The van der Waals surface area contributed by atoms with Crippen LogP contribution in [0.2, 0.25) is 0 Å². The summed E-state index contributed by atoms with van der Waals surface area (Å²) in [4.78, 5) is 9.59. The lowest BCUT2D eigenvalue weighted by Gasteiger charge is -1.98. The van der Waals surface area contributed by atoms with Crippen molar-refractivity contribution >= 4 is 5.69 Å². The van der Waals surface area contributed by atoms with E-state index in [2.05, 4.69) is 11.8 Å². The Morgan fingerprint density at radius 3 is 2.80 bits per heavy atom. The molecule has 0 atom stereocenters. The Bertz CT molecular complexity index is 462. The molecule has 6 heteroatoms. The molecule has 0 saturated carbocycles. The Hall–Kier alpha value is -2.13. The van der Waals surface area contributed by atoms with Gasteiger partial charge >= 0.3 is 5.69 Å². The monoisotopic (exact) mass is 210 g/mol. The van der Waals surface area contributed by atoms with Crippen molar-refractivity contribution in [2.45, 2.75) is 0 Å². The maximum absolute atomic E-state index is 13.1. The summed E-state index contributed by atoms with van der Waals surface area (Å²) in [5, 5.41) is 19.5. The molecule has 0 aliphatic heterocycles. The molecule has 0 fully saturated rings. The number of aromatic hydroxyl groups is 1. The van der Waals surface area contributed by atoms with E-state index >= 15 is 0 Å². The van der Waals surface area contributed by atoms with Crippen LogP contribution in [-0.4, -0.2) is 16.6 Å². The van der Waals surface area contributed by atoms with Crippen molar-refractivity contribution in [2.24, 2.45) is 5.73 Å². The summed E-state index contributed by atoms with van der Waals surface area (Å²) < 4.78 is 13.1. The molecule has 1 rings (SSSR count).